The lowest BCUT2D eigenvalue weighted by atomic mass is 9.99. The maximum absolute atomic E-state index is 6.39. The summed E-state index contributed by atoms with van der Waals surface area (Å²) in [6, 6.07) is 21.5. The summed E-state index contributed by atoms with van der Waals surface area (Å²) in [5, 5.41) is 3.75. The largest absolute Gasteiger partial charge is 0.497 e. The van der Waals surface area contributed by atoms with Gasteiger partial charge in [0.2, 0.25) is 0 Å². The number of anilines is 1. The second-order valence-corrected chi connectivity index (χ2v) is 9.88. The molecule has 0 radical (unpaired) electrons. The van der Waals surface area contributed by atoms with Gasteiger partial charge in [-0.25, -0.2) is 0 Å². The highest BCUT2D eigenvalue weighted by Gasteiger charge is 2.40. The quantitative estimate of drug-likeness (QED) is 0.503. The zero-order valence-corrected chi connectivity index (χ0v) is 19.7. The first kappa shape index (κ1) is 21.6. The van der Waals surface area contributed by atoms with E-state index in [0.29, 0.717) is 17.9 Å². The molecule has 2 heterocycles. The monoisotopic (exact) mass is 456 g/mol. The third-order valence-electron chi connectivity index (χ3n) is 7.66. The Kier molecular flexibility index (Phi) is 5.98. The molecule has 0 bridgehead atoms. The Balaban J connectivity index is 1.07. The minimum atomic E-state index is -0.286. The Labute approximate surface area is 201 Å². The fourth-order valence-electron chi connectivity index (χ4n) is 5.93. The molecular weight excluding hydrogens is 424 g/mol. The Hall–Kier alpha value is -2.89. The van der Waals surface area contributed by atoms with E-state index in [1.54, 1.807) is 7.11 Å². The molecular formula is C29H32N2O3. The molecule has 2 aliphatic carbocycles. The number of aromatic nitrogens is 1. The fourth-order valence-corrected chi connectivity index (χ4v) is 5.93. The van der Waals surface area contributed by atoms with Gasteiger partial charge in [-0.15, -0.1) is 0 Å². The molecule has 5 nitrogen and oxygen atoms in total. The van der Waals surface area contributed by atoms with Crippen LogP contribution in [0.2, 0.25) is 0 Å². The highest BCUT2D eigenvalue weighted by molar-refractivity contribution is 5.48. The maximum Gasteiger partial charge on any atom is 0.184 e. The summed E-state index contributed by atoms with van der Waals surface area (Å²) in [7, 11) is 1.68. The van der Waals surface area contributed by atoms with E-state index in [1.807, 2.05) is 30.5 Å². The molecule has 1 saturated carbocycles. The molecule has 3 aliphatic rings. The molecule has 2 aromatic carbocycles. The van der Waals surface area contributed by atoms with Crippen LogP contribution in [0.15, 0.2) is 66.9 Å². The summed E-state index contributed by atoms with van der Waals surface area (Å²) < 4.78 is 17.7. The van der Waals surface area contributed by atoms with Crippen LogP contribution in [-0.2, 0) is 22.3 Å². The van der Waals surface area contributed by atoms with Crippen LogP contribution in [0.1, 0.15) is 54.0 Å². The summed E-state index contributed by atoms with van der Waals surface area (Å²) in [6.45, 7) is 0.758. The molecule has 1 saturated heterocycles. The molecule has 0 amide bonds. The molecule has 5 heteroatoms. The van der Waals surface area contributed by atoms with Crippen LogP contribution in [0.4, 0.5) is 5.69 Å². The van der Waals surface area contributed by atoms with Crippen LogP contribution in [0.3, 0.4) is 0 Å². The average molecular weight is 457 g/mol. The first-order valence-electron chi connectivity index (χ1n) is 12.5. The molecule has 34 heavy (non-hydrogen) atoms. The number of nitrogens with one attached hydrogen (secondary N) is 1. The lowest BCUT2D eigenvalue weighted by molar-refractivity contribution is -0.233. The predicted molar refractivity (Wildman–Crippen MR) is 132 cm³/mol. The van der Waals surface area contributed by atoms with Gasteiger partial charge in [0, 0.05) is 29.1 Å². The van der Waals surface area contributed by atoms with Crippen LogP contribution in [0.25, 0.3) is 0 Å². The average Bonchev–Trinajstić information content (AvgIpc) is 3.47. The van der Waals surface area contributed by atoms with Crippen molar-refractivity contribution in [2.24, 2.45) is 11.8 Å². The molecule has 5 atom stereocenters. The minimum absolute atomic E-state index is 0.252. The highest BCUT2D eigenvalue weighted by Crippen LogP contribution is 2.42. The number of fused-ring (bicyclic) bond motifs is 2. The smallest absolute Gasteiger partial charge is 0.184 e. The van der Waals surface area contributed by atoms with E-state index < -0.39 is 0 Å². The van der Waals surface area contributed by atoms with E-state index in [0.717, 1.165) is 55.7 Å². The molecule has 1 aromatic heterocycles. The van der Waals surface area contributed by atoms with E-state index in [4.69, 9.17) is 19.2 Å². The van der Waals surface area contributed by atoms with Crippen molar-refractivity contribution < 1.29 is 14.2 Å². The maximum atomic E-state index is 6.39. The lowest BCUT2D eigenvalue weighted by Gasteiger charge is -2.32. The van der Waals surface area contributed by atoms with Crippen LogP contribution < -0.4 is 10.1 Å². The summed E-state index contributed by atoms with van der Waals surface area (Å²) in [4.78, 5) is 4.69. The molecule has 1 unspecified atom stereocenters. The van der Waals surface area contributed by atoms with Crippen molar-refractivity contribution in [2.45, 2.75) is 50.5 Å². The van der Waals surface area contributed by atoms with Gasteiger partial charge in [0.1, 0.15) is 5.75 Å². The third kappa shape index (κ3) is 4.42. The minimum Gasteiger partial charge on any atom is -0.497 e. The van der Waals surface area contributed by atoms with Crippen molar-refractivity contribution in [1.82, 2.24) is 4.98 Å². The van der Waals surface area contributed by atoms with Crippen molar-refractivity contribution in [2.75, 3.05) is 19.0 Å². The fraction of sp³-hybridized carbons (Fsp3) is 0.414. The van der Waals surface area contributed by atoms with Gasteiger partial charge < -0.3 is 19.5 Å². The molecule has 2 fully saturated rings. The summed E-state index contributed by atoms with van der Waals surface area (Å²) in [6.07, 6.45) is 7.39. The number of rotatable bonds is 6. The number of hydrogen-bond acceptors (Lipinski definition) is 5. The zero-order chi connectivity index (χ0) is 22.9. The van der Waals surface area contributed by atoms with E-state index in [9.17, 15) is 0 Å². The van der Waals surface area contributed by atoms with Gasteiger partial charge in [0.25, 0.3) is 0 Å². The summed E-state index contributed by atoms with van der Waals surface area (Å²) >= 11 is 0. The number of benzene rings is 2. The Bertz CT molecular complexity index is 1130. The van der Waals surface area contributed by atoms with Gasteiger partial charge in [-0.3, -0.25) is 4.98 Å². The molecule has 1 aliphatic heterocycles. The van der Waals surface area contributed by atoms with Crippen molar-refractivity contribution in [3.63, 3.8) is 0 Å². The van der Waals surface area contributed by atoms with Crippen LogP contribution in [-0.4, -0.2) is 24.8 Å². The molecule has 3 aromatic rings. The predicted octanol–water partition coefficient (Wildman–Crippen LogP) is 5.87. The second kappa shape index (κ2) is 9.40. The van der Waals surface area contributed by atoms with Gasteiger partial charge in [-0.2, -0.15) is 0 Å². The highest BCUT2D eigenvalue weighted by atomic mass is 16.7. The van der Waals surface area contributed by atoms with E-state index in [-0.39, 0.29) is 12.4 Å². The second-order valence-electron chi connectivity index (χ2n) is 9.88. The molecule has 1 N–H and O–H groups in total. The number of nitrogens with zero attached hydrogens (tertiary/aromatic N) is 1. The van der Waals surface area contributed by atoms with E-state index in [2.05, 4.69) is 41.7 Å². The normalized spacial score (nSPS) is 27.7. The number of hydrogen-bond donors (Lipinski definition) is 1. The zero-order valence-electron chi connectivity index (χ0n) is 19.7. The van der Waals surface area contributed by atoms with Crippen LogP contribution in [0.5, 0.6) is 5.75 Å². The van der Waals surface area contributed by atoms with Crippen molar-refractivity contribution in [3.05, 3.63) is 89.2 Å². The number of pyridine rings is 1. The number of methoxy groups -OCH3 is 1. The third-order valence-corrected chi connectivity index (χ3v) is 7.66. The van der Waals surface area contributed by atoms with Crippen molar-refractivity contribution in [1.29, 1.82) is 0 Å². The standard InChI is InChI=1S/C29H32N2O3/c1-32-25-9-6-21(7-10-25)29-33-18-22-14-19(16-28(22)34-29)15-24-17-23(12-13-30-24)31-27-11-8-20-4-2-3-5-26(20)27/h2-7,9-10,12-13,17,19,22,27-29H,8,11,14-16,18H2,1H3,(H,30,31)/t19-,22-,27-,28-,29?/m0/s1. The summed E-state index contributed by atoms with van der Waals surface area (Å²) in [5.41, 5.74) is 6.28. The van der Waals surface area contributed by atoms with Gasteiger partial charge >= 0.3 is 0 Å². The van der Waals surface area contributed by atoms with E-state index in [1.165, 1.54) is 16.8 Å². The number of aryl methyl sites for hydroxylation is 1. The van der Waals surface area contributed by atoms with Crippen LogP contribution >= 0.6 is 0 Å². The lowest BCUT2D eigenvalue weighted by Crippen LogP contribution is -2.32. The molecule has 0 spiro atoms. The Morgan fingerprint density at radius 2 is 1.94 bits per heavy atom. The van der Waals surface area contributed by atoms with Gasteiger partial charge in [-0.05, 0) is 73.4 Å². The Morgan fingerprint density at radius 1 is 1.06 bits per heavy atom. The molecule has 176 valence electrons. The van der Waals surface area contributed by atoms with Gasteiger partial charge in [-0.1, -0.05) is 36.4 Å². The SMILES string of the molecule is COc1ccc(C2OC[C@@H]3C[C@@H](Cc4cc(N[C@H]5CCc6ccccc65)ccn4)C[C@@H]3O2)cc1. The molecule has 6 rings (SSSR count). The summed E-state index contributed by atoms with van der Waals surface area (Å²) in [5.74, 6) is 1.89. The Morgan fingerprint density at radius 3 is 2.82 bits per heavy atom. The van der Waals surface area contributed by atoms with E-state index >= 15 is 0 Å². The number of ether oxygens (including phenoxy) is 3. The van der Waals surface area contributed by atoms with Crippen molar-refractivity contribution in [3.8, 4) is 5.75 Å². The van der Waals surface area contributed by atoms with Crippen LogP contribution in [0, 0.1) is 11.8 Å². The first-order valence-corrected chi connectivity index (χ1v) is 12.5. The van der Waals surface area contributed by atoms with Crippen molar-refractivity contribution >= 4 is 5.69 Å². The van der Waals surface area contributed by atoms with Gasteiger partial charge in [0.05, 0.1) is 25.9 Å². The van der Waals surface area contributed by atoms with Gasteiger partial charge in [0.15, 0.2) is 6.29 Å². The first-order chi connectivity index (χ1) is 16.7. The topological polar surface area (TPSA) is 52.6 Å².